The monoisotopic (exact) mass is 1570 g/mol. The normalized spacial score (nSPS) is 11.6. The van der Waals surface area contributed by atoms with E-state index < -0.39 is 0 Å². The summed E-state index contributed by atoms with van der Waals surface area (Å²) in [6.07, 6.45) is 102. The molecule has 1 atom stereocenters. The first-order valence-electron chi connectivity index (χ1n) is 50.6. The van der Waals surface area contributed by atoms with Gasteiger partial charge in [0.15, 0.2) is 0 Å². The minimum Gasteiger partial charge on any atom is -0.307 e. The zero-order chi connectivity index (χ0) is 81.2. The minimum absolute atomic E-state index is 0. The molecule has 656 valence electrons. The average Bonchev–Trinajstić information content (AvgIpc) is 0.915. The summed E-state index contributed by atoms with van der Waals surface area (Å²) in [5.41, 5.74) is 11.6. The maximum absolute atomic E-state index is 2.40. The number of benzene rings is 4. The fourth-order valence-corrected chi connectivity index (χ4v) is 16.2. The number of aryl methyl sites for hydroxylation is 4. The molecule has 0 aromatic heterocycles. The first-order valence-corrected chi connectivity index (χ1v) is 50.6. The molecular formula is C109H204N4+4. The predicted molar refractivity (Wildman–Crippen MR) is 514 cm³/mol. The Morgan fingerprint density at radius 3 is 0.442 bits per heavy atom. The highest BCUT2D eigenvalue weighted by atomic mass is 15.1. The lowest BCUT2D eigenvalue weighted by atomic mass is 10.0. The summed E-state index contributed by atoms with van der Waals surface area (Å²) in [4.78, 5) is 5.79. The van der Waals surface area contributed by atoms with Gasteiger partial charge >= 0.3 is 0 Å². The van der Waals surface area contributed by atoms with E-state index in [-0.39, 0.29) is 7.43 Å². The second-order valence-corrected chi connectivity index (χ2v) is 36.2. The van der Waals surface area contributed by atoms with E-state index in [0.29, 0.717) is 0 Å². The van der Waals surface area contributed by atoms with Crippen LogP contribution >= 0.6 is 0 Å². The van der Waals surface area contributed by atoms with Gasteiger partial charge in [-0.15, -0.1) is 0 Å². The van der Waals surface area contributed by atoms with Gasteiger partial charge in [-0.2, -0.15) is 0 Å². The fourth-order valence-electron chi connectivity index (χ4n) is 16.2. The Kier molecular flexibility index (Phi) is 84.1. The highest BCUT2D eigenvalue weighted by Gasteiger charge is 2.09. The molecule has 0 saturated heterocycles. The van der Waals surface area contributed by atoms with Crippen LogP contribution in [0.15, 0.2) is 97.1 Å². The topological polar surface area (TPSA) is 17.8 Å². The number of rotatable bonds is 76. The van der Waals surface area contributed by atoms with Gasteiger partial charge in [-0.25, -0.2) is 0 Å². The van der Waals surface area contributed by atoms with Crippen LogP contribution < -0.4 is 19.6 Å². The van der Waals surface area contributed by atoms with Crippen LogP contribution in [0, 0.1) is 0 Å². The molecule has 4 nitrogen and oxygen atoms in total. The molecule has 113 heavy (non-hydrogen) atoms. The average molecular weight is 1570 g/mol. The van der Waals surface area contributed by atoms with Crippen LogP contribution in [0.25, 0.3) is 0 Å². The van der Waals surface area contributed by atoms with Crippen molar-refractivity contribution in [2.45, 2.75) is 498 Å². The number of hydrogen-bond acceptors (Lipinski definition) is 0. The van der Waals surface area contributed by atoms with Crippen LogP contribution in [-0.4, -0.2) is 55.9 Å². The lowest BCUT2D eigenvalue weighted by Crippen LogP contribution is -3.03. The summed E-state index contributed by atoms with van der Waals surface area (Å²) in [6.45, 7) is 12.7. The number of unbranched alkanes of at least 4 members (excludes halogenated alkanes) is 62. The van der Waals surface area contributed by atoms with Crippen molar-refractivity contribution in [3.8, 4) is 0 Å². The lowest BCUT2D eigenvalue weighted by Gasteiger charge is -2.14. The van der Waals surface area contributed by atoms with E-state index >= 15 is 0 Å². The first kappa shape index (κ1) is 110. The summed E-state index contributed by atoms with van der Waals surface area (Å²) in [5, 5.41) is 0. The standard InChI is InChI=1S/C44H83N.2C26H47N.C12H19N.CH4/c1-4-6-8-10-12-14-16-18-20-22-23-25-27-29-31-33-35-37-43-38-40-44(41-39-43)45(3)42-36-34-32-30-28-26-24-21-19-17-15-13-11-9-7-5-2;2*1-4-5-6-7-8-9-10-11-12-13-14-15-16-17-18-19-20-25-21-23-26(24-22-25)27(2)3;1-4-5-6-11-7-9-12(10-8-11)13(2)3;/h38-41H,4-37,42H2,1-3H3;2*21-24H,4-20H2,1-3H3;7-10H,4-6H2,1-3H3;1H4/p+4. The van der Waals surface area contributed by atoms with Gasteiger partial charge in [0.25, 0.3) is 0 Å². The van der Waals surface area contributed by atoms with Gasteiger partial charge < -0.3 is 19.6 Å². The quantitative estimate of drug-likeness (QED) is 0.0316. The van der Waals surface area contributed by atoms with Crippen LogP contribution in [0.5, 0.6) is 0 Å². The molecule has 0 fully saturated rings. The van der Waals surface area contributed by atoms with Crippen LogP contribution in [0.4, 0.5) is 22.7 Å². The molecule has 0 aliphatic carbocycles. The summed E-state index contributed by atoms with van der Waals surface area (Å²) < 4.78 is 0. The van der Waals surface area contributed by atoms with Crippen LogP contribution in [0.3, 0.4) is 0 Å². The van der Waals surface area contributed by atoms with Crippen molar-refractivity contribution >= 4 is 22.7 Å². The van der Waals surface area contributed by atoms with E-state index in [0.717, 1.165) is 0 Å². The maximum atomic E-state index is 2.40. The SMILES string of the molecule is C.CCCCCCCCCCCCCCCCCCCc1ccc([NH+](C)CCCCCCCCCCCCCCCCCC)cc1.CCCCCCCCCCCCCCCCCCc1ccc([NH+](C)C)cc1.CCCCCCCCCCCCCCCCCCc1ccc([NH+](C)C)cc1.CCCCc1ccc([NH+](C)C)cc1. The molecule has 1 unspecified atom stereocenters. The molecule has 0 aliphatic rings. The molecule has 4 aromatic carbocycles. The molecule has 0 saturated carbocycles. The molecule has 0 amide bonds. The van der Waals surface area contributed by atoms with E-state index in [1.54, 1.807) is 4.90 Å². The highest BCUT2D eigenvalue weighted by Crippen LogP contribution is 2.22. The highest BCUT2D eigenvalue weighted by molar-refractivity contribution is 5.35. The van der Waals surface area contributed by atoms with E-state index in [2.05, 4.69) is 181 Å². The van der Waals surface area contributed by atoms with E-state index in [4.69, 9.17) is 0 Å². The molecule has 4 heteroatoms. The summed E-state index contributed by atoms with van der Waals surface area (Å²) in [5.74, 6) is 0. The summed E-state index contributed by atoms with van der Waals surface area (Å²) in [7, 11) is 15.4. The Labute approximate surface area is 711 Å². The third-order valence-electron chi connectivity index (χ3n) is 24.5. The Morgan fingerprint density at radius 1 is 0.150 bits per heavy atom. The molecule has 0 aliphatic heterocycles. The molecular weight excluding hydrogens is 1370 g/mol. The van der Waals surface area contributed by atoms with Crippen LogP contribution in [0.1, 0.15) is 494 Å². The molecule has 0 heterocycles. The van der Waals surface area contributed by atoms with Gasteiger partial charge in [0.2, 0.25) is 0 Å². The molecule has 4 aromatic rings. The summed E-state index contributed by atoms with van der Waals surface area (Å²) >= 11 is 0. The Balaban J connectivity index is 0.00000159. The second kappa shape index (κ2) is 86.6. The van der Waals surface area contributed by atoms with E-state index in [1.165, 1.54) is 522 Å². The molecule has 4 N–H and O–H groups in total. The fraction of sp³-hybridized carbons (Fsp3) is 0.780. The Bertz CT molecular complexity index is 2340. The third kappa shape index (κ3) is 73.6. The smallest absolute Gasteiger partial charge is 0.130 e. The molecule has 0 radical (unpaired) electrons. The molecule has 0 bridgehead atoms. The lowest BCUT2D eigenvalue weighted by molar-refractivity contribution is -0.810. The number of quaternary nitrogens is 4. The second-order valence-electron chi connectivity index (χ2n) is 36.2. The zero-order valence-corrected chi connectivity index (χ0v) is 78.1. The largest absolute Gasteiger partial charge is 0.307 e. The van der Waals surface area contributed by atoms with Gasteiger partial charge in [0, 0.05) is 0 Å². The summed E-state index contributed by atoms with van der Waals surface area (Å²) in [6, 6.07) is 36.9. The number of hydrogen-bond donors (Lipinski definition) is 4. The van der Waals surface area contributed by atoms with Crippen molar-refractivity contribution in [1.29, 1.82) is 0 Å². The van der Waals surface area contributed by atoms with E-state index in [1.807, 2.05) is 0 Å². The molecule has 0 spiro atoms. The van der Waals surface area contributed by atoms with Gasteiger partial charge in [-0.1, -0.05) is 482 Å². The predicted octanol–water partition coefficient (Wildman–Crippen LogP) is 31.3. The van der Waals surface area contributed by atoms with Crippen molar-refractivity contribution in [1.82, 2.24) is 0 Å². The van der Waals surface area contributed by atoms with Crippen LogP contribution in [-0.2, 0) is 25.7 Å². The maximum Gasteiger partial charge on any atom is 0.130 e. The van der Waals surface area contributed by atoms with Gasteiger partial charge in [0.1, 0.15) is 22.7 Å². The van der Waals surface area contributed by atoms with Crippen LogP contribution in [0.2, 0.25) is 0 Å². The molecule has 4 rings (SSSR count). The van der Waals surface area contributed by atoms with Gasteiger partial charge in [0.05, 0.1) is 55.9 Å². The van der Waals surface area contributed by atoms with Crippen molar-refractivity contribution < 1.29 is 19.6 Å². The Morgan fingerprint density at radius 2 is 0.283 bits per heavy atom. The minimum atomic E-state index is 0. The van der Waals surface area contributed by atoms with Crippen molar-refractivity contribution in [3.05, 3.63) is 119 Å². The van der Waals surface area contributed by atoms with Gasteiger partial charge in [-0.05, 0) is 135 Å². The first-order chi connectivity index (χ1) is 55.0. The van der Waals surface area contributed by atoms with Gasteiger partial charge in [-0.3, -0.25) is 0 Å². The third-order valence-corrected chi connectivity index (χ3v) is 24.5. The van der Waals surface area contributed by atoms with Crippen molar-refractivity contribution in [3.63, 3.8) is 0 Å². The zero-order valence-electron chi connectivity index (χ0n) is 78.1. The Hall–Kier alpha value is -3.28. The van der Waals surface area contributed by atoms with E-state index in [9.17, 15) is 0 Å². The van der Waals surface area contributed by atoms with Crippen molar-refractivity contribution in [2.75, 3.05) is 55.9 Å². The number of nitrogens with one attached hydrogen (secondary N) is 4. The van der Waals surface area contributed by atoms with Crippen molar-refractivity contribution in [2.24, 2.45) is 0 Å².